The van der Waals surface area contributed by atoms with Gasteiger partial charge in [0.2, 0.25) is 9.05 Å². The number of halogens is 1. The third kappa shape index (κ3) is 2.07. The van der Waals surface area contributed by atoms with Crippen LogP contribution in [0.1, 0.15) is 20.3 Å². The lowest BCUT2D eigenvalue weighted by molar-refractivity contribution is 0.0680. The minimum Gasteiger partial charge on any atom is -0.374 e. The summed E-state index contributed by atoms with van der Waals surface area (Å²) in [7, 11) is 1.75. The second-order valence-electron chi connectivity index (χ2n) is 2.90. The largest absolute Gasteiger partial charge is 0.374 e. The molecule has 3 atom stereocenters. The van der Waals surface area contributed by atoms with E-state index in [1.54, 1.807) is 6.92 Å². The van der Waals surface area contributed by atoms with Crippen LogP contribution >= 0.6 is 10.7 Å². The van der Waals surface area contributed by atoms with E-state index in [1.165, 1.54) is 0 Å². The smallest absolute Gasteiger partial charge is 0.238 e. The van der Waals surface area contributed by atoms with Crippen molar-refractivity contribution in [1.82, 2.24) is 0 Å². The molecule has 0 bridgehead atoms. The normalized spacial score (nSPS) is 39.4. The van der Waals surface area contributed by atoms with Gasteiger partial charge in [0, 0.05) is 10.7 Å². The fourth-order valence-corrected chi connectivity index (χ4v) is 3.05. The summed E-state index contributed by atoms with van der Waals surface area (Å²) in [5.74, 6) is 0. The quantitative estimate of drug-likeness (QED) is 0.594. The molecule has 3 unspecified atom stereocenters. The van der Waals surface area contributed by atoms with Crippen LogP contribution in [0.4, 0.5) is 0 Å². The van der Waals surface area contributed by atoms with Crippen molar-refractivity contribution in [2.75, 3.05) is 0 Å². The second kappa shape index (κ2) is 2.92. The van der Waals surface area contributed by atoms with E-state index in [9.17, 15) is 8.42 Å². The molecule has 0 saturated carbocycles. The molecule has 1 rings (SSSR count). The first-order valence-electron chi connectivity index (χ1n) is 3.50. The molecule has 0 N–H and O–H groups in total. The third-order valence-electron chi connectivity index (χ3n) is 1.90. The Hall–Kier alpha value is 0.200. The standard InChI is InChI=1S/C6H11ClO3S/c1-4-3-6(5(2)10-4)11(7,8)9/h4-6H,3H2,1-2H3. The first-order valence-corrected chi connectivity index (χ1v) is 5.87. The molecule has 1 aliphatic heterocycles. The zero-order chi connectivity index (χ0) is 8.65. The number of hydrogen-bond donors (Lipinski definition) is 0. The van der Waals surface area contributed by atoms with Gasteiger partial charge >= 0.3 is 0 Å². The van der Waals surface area contributed by atoms with Crippen molar-refractivity contribution >= 4 is 19.7 Å². The maximum absolute atomic E-state index is 10.9. The Morgan fingerprint density at radius 1 is 1.45 bits per heavy atom. The van der Waals surface area contributed by atoms with Crippen molar-refractivity contribution in [3.05, 3.63) is 0 Å². The monoisotopic (exact) mass is 198 g/mol. The highest BCUT2D eigenvalue weighted by Crippen LogP contribution is 2.27. The molecule has 0 aliphatic carbocycles. The molecule has 11 heavy (non-hydrogen) atoms. The first kappa shape index (κ1) is 9.29. The van der Waals surface area contributed by atoms with Crippen LogP contribution < -0.4 is 0 Å². The molecular weight excluding hydrogens is 188 g/mol. The van der Waals surface area contributed by atoms with E-state index < -0.39 is 14.3 Å². The molecule has 0 aromatic heterocycles. The van der Waals surface area contributed by atoms with Crippen LogP contribution in [0.5, 0.6) is 0 Å². The Morgan fingerprint density at radius 3 is 2.18 bits per heavy atom. The molecule has 1 saturated heterocycles. The van der Waals surface area contributed by atoms with Crippen molar-refractivity contribution in [3.8, 4) is 0 Å². The van der Waals surface area contributed by atoms with E-state index >= 15 is 0 Å². The van der Waals surface area contributed by atoms with Gasteiger partial charge in [0.05, 0.1) is 12.2 Å². The van der Waals surface area contributed by atoms with Gasteiger partial charge in [-0.15, -0.1) is 0 Å². The maximum atomic E-state index is 10.9. The summed E-state index contributed by atoms with van der Waals surface area (Å²) in [6, 6.07) is 0. The van der Waals surface area contributed by atoms with Crippen LogP contribution in [-0.2, 0) is 13.8 Å². The van der Waals surface area contributed by atoms with E-state index in [0.717, 1.165) is 0 Å². The van der Waals surface area contributed by atoms with Gasteiger partial charge < -0.3 is 4.74 Å². The molecule has 0 amide bonds. The van der Waals surface area contributed by atoms with E-state index in [0.29, 0.717) is 6.42 Å². The summed E-state index contributed by atoms with van der Waals surface area (Å²) in [5, 5.41) is -0.529. The van der Waals surface area contributed by atoms with Gasteiger partial charge in [-0.3, -0.25) is 0 Å². The van der Waals surface area contributed by atoms with Gasteiger partial charge in [-0.1, -0.05) is 0 Å². The van der Waals surface area contributed by atoms with Crippen LogP contribution in [0.15, 0.2) is 0 Å². The van der Waals surface area contributed by atoms with Crippen molar-refractivity contribution < 1.29 is 13.2 Å². The Kier molecular flexibility index (Phi) is 2.46. The highest BCUT2D eigenvalue weighted by Gasteiger charge is 2.37. The molecule has 0 radical (unpaired) electrons. The van der Waals surface area contributed by atoms with Gasteiger partial charge in [0.1, 0.15) is 5.25 Å². The fraction of sp³-hybridized carbons (Fsp3) is 1.00. The van der Waals surface area contributed by atoms with Crippen molar-refractivity contribution in [2.45, 2.75) is 37.7 Å². The maximum Gasteiger partial charge on any atom is 0.238 e. The zero-order valence-electron chi connectivity index (χ0n) is 6.45. The van der Waals surface area contributed by atoms with Crippen LogP contribution in [-0.4, -0.2) is 25.9 Å². The molecule has 0 aromatic carbocycles. The molecule has 3 nitrogen and oxygen atoms in total. The lowest BCUT2D eigenvalue weighted by Gasteiger charge is -2.08. The van der Waals surface area contributed by atoms with Crippen LogP contribution in [0.2, 0.25) is 0 Å². The summed E-state index contributed by atoms with van der Waals surface area (Å²) in [6.07, 6.45) is 0.239. The van der Waals surface area contributed by atoms with Crippen molar-refractivity contribution in [3.63, 3.8) is 0 Å². The summed E-state index contributed by atoms with van der Waals surface area (Å²) in [6.45, 7) is 3.58. The molecule has 1 fully saturated rings. The van der Waals surface area contributed by atoms with Gasteiger partial charge in [0.15, 0.2) is 0 Å². The number of ether oxygens (including phenoxy) is 1. The lowest BCUT2D eigenvalue weighted by atomic mass is 10.2. The topological polar surface area (TPSA) is 43.4 Å². The predicted octanol–water partition coefficient (Wildman–Crippen LogP) is 1.12. The van der Waals surface area contributed by atoms with Crippen LogP contribution in [0.25, 0.3) is 0 Å². The van der Waals surface area contributed by atoms with E-state index in [2.05, 4.69) is 0 Å². The first-order chi connectivity index (χ1) is 4.91. The van der Waals surface area contributed by atoms with Gasteiger partial charge in [-0.2, -0.15) is 0 Å². The molecule has 1 heterocycles. The van der Waals surface area contributed by atoms with Crippen molar-refractivity contribution in [1.29, 1.82) is 0 Å². The minimum atomic E-state index is -3.44. The molecule has 66 valence electrons. The number of hydrogen-bond acceptors (Lipinski definition) is 3. The Morgan fingerprint density at radius 2 is 2.00 bits per heavy atom. The van der Waals surface area contributed by atoms with E-state index in [-0.39, 0.29) is 12.2 Å². The third-order valence-corrected chi connectivity index (χ3v) is 3.88. The Labute approximate surface area is 71.1 Å². The Bertz CT molecular complexity index is 236. The van der Waals surface area contributed by atoms with Gasteiger partial charge in [0.25, 0.3) is 0 Å². The summed E-state index contributed by atoms with van der Waals surface area (Å²) >= 11 is 0. The average molecular weight is 199 g/mol. The van der Waals surface area contributed by atoms with Crippen LogP contribution in [0.3, 0.4) is 0 Å². The van der Waals surface area contributed by atoms with E-state index in [4.69, 9.17) is 15.4 Å². The predicted molar refractivity (Wildman–Crippen MR) is 43.2 cm³/mol. The summed E-state index contributed by atoms with van der Waals surface area (Å²) < 4.78 is 27.0. The molecule has 0 spiro atoms. The molecule has 5 heteroatoms. The van der Waals surface area contributed by atoms with Gasteiger partial charge in [-0.05, 0) is 20.3 Å². The molecular formula is C6H11ClO3S. The van der Waals surface area contributed by atoms with Crippen molar-refractivity contribution in [2.24, 2.45) is 0 Å². The zero-order valence-corrected chi connectivity index (χ0v) is 8.02. The highest BCUT2D eigenvalue weighted by atomic mass is 35.7. The average Bonchev–Trinajstić information content (AvgIpc) is 2.08. The molecule has 0 aromatic rings. The Balaban J connectivity index is 2.76. The SMILES string of the molecule is CC1CC(S(=O)(=O)Cl)C(C)O1. The van der Waals surface area contributed by atoms with Crippen LogP contribution in [0, 0.1) is 0 Å². The number of rotatable bonds is 1. The summed E-state index contributed by atoms with van der Waals surface area (Å²) in [5.41, 5.74) is 0. The minimum absolute atomic E-state index is 0.00326. The molecule has 1 aliphatic rings. The second-order valence-corrected chi connectivity index (χ2v) is 5.75. The fourth-order valence-electron chi connectivity index (χ4n) is 1.37. The summed E-state index contributed by atoms with van der Waals surface area (Å²) in [4.78, 5) is 0. The van der Waals surface area contributed by atoms with E-state index in [1.807, 2.05) is 6.92 Å². The lowest BCUT2D eigenvalue weighted by Crippen LogP contribution is -2.23. The van der Waals surface area contributed by atoms with Gasteiger partial charge in [-0.25, -0.2) is 8.42 Å². The highest BCUT2D eigenvalue weighted by molar-refractivity contribution is 8.14.